The summed E-state index contributed by atoms with van der Waals surface area (Å²) in [7, 11) is 0. The van der Waals surface area contributed by atoms with Gasteiger partial charge >= 0.3 is 0 Å². The predicted molar refractivity (Wildman–Crippen MR) is 380 cm³/mol. The van der Waals surface area contributed by atoms with Crippen molar-refractivity contribution in [2.24, 2.45) is 39.6 Å². The van der Waals surface area contributed by atoms with E-state index in [1.54, 1.807) is 41.3 Å². The van der Waals surface area contributed by atoms with E-state index < -0.39 is 72.0 Å². The summed E-state index contributed by atoms with van der Waals surface area (Å²) in [5, 5.41) is 42.0. The smallest absolute Gasteiger partial charge is 0.243 e. The highest BCUT2D eigenvalue weighted by Gasteiger charge is 2.37. The van der Waals surface area contributed by atoms with E-state index in [9.17, 15) is 43.8 Å². The largest absolute Gasteiger partial charge is 0.508 e. The zero-order valence-electron chi connectivity index (χ0n) is 56.9. The zero-order chi connectivity index (χ0) is 70.1. The summed E-state index contributed by atoms with van der Waals surface area (Å²) in [4.78, 5) is 107. The second-order valence-electron chi connectivity index (χ2n) is 27.1. The maximum atomic E-state index is 14.9. The Morgan fingerprint density at radius 2 is 1.07 bits per heavy atom. The van der Waals surface area contributed by atoms with Crippen molar-refractivity contribution in [3.63, 3.8) is 0 Å². The number of phenolic OH excluding ortho intramolecular Hbond substituents is 2. The van der Waals surface area contributed by atoms with Gasteiger partial charge in [0.15, 0.2) is 5.96 Å². The van der Waals surface area contributed by atoms with Crippen LogP contribution in [0.25, 0.3) is 0 Å². The van der Waals surface area contributed by atoms with Crippen molar-refractivity contribution in [1.82, 2.24) is 42.1 Å². The molecule has 98 heavy (non-hydrogen) atoms. The SMILES string of the molecule is Cc1cc(O)cc(C)c1C[C@H](N)C(=O)N[C@H](CCCN=C(N)N)C(=O)N[C@@H](Cc1ccccc1)C(=O)N[C@@H](CCCCN)C(=O)NC1CCC(NC(=O)[C@H](Cc2ccccc2)N[C@H](CC2CCCCC2)C(=O)NCC2Cc3ccccc3CN2C(=O)[C@@H](N)Cc2ccc(O)cc2)CC1. The average Bonchev–Trinajstić information content (AvgIpc) is 0.914. The van der Waals surface area contributed by atoms with E-state index >= 15 is 0 Å². The highest BCUT2D eigenvalue weighted by Crippen LogP contribution is 2.30. The zero-order valence-corrected chi connectivity index (χ0v) is 56.9. The molecular formula is C75H104N14O9. The van der Waals surface area contributed by atoms with Crippen molar-refractivity contribution in [3.05, 3.63) is 166 Å². The summed E-state index contributed by atoms with van der Waals surface area (Å²) in [5.41, 5.74) is 37.1. The molecule has 2 aliphatic carbocycles. The molecule has 3 aliphatic rings. The van der Waals surface area contributed by atoms with Gasteiger partial charge in [-0.05, 0) is 185 Å². The molecule has 5 aromatic carbocycles. The molecule has 0 spiro atoms. The van der Waals surface area contributed by atoms with Crippen LogP contribution in [0.1, 0.15) is 141 Å². The topological polar surface area (TPSA) is 390 Å². The van der Waals surface area contributed by atoms with Crippen molar-refractivity contribution >= 4 is 47.3 Å². The van der Waals surface area contributed by atoms with Crippen molar-refractivity contribution < 1.29 is 43.8 Å². The van der Waals surface area contributed by atoms with Gasteiger partial charge in [-0.2, -0.15) is 0 Å². The van der Waals surface area contributed by atoms with Crippen molar-refractivity contribution in [2.75, 3.05) is 19.6 Å². The van der Waals surface area contributed by atoms with Crippen LogP contribution in [-0.4, -0.2) is 142 Å². The number of fused-ring (bicyclic) bond motifs is 1. The van der Waals surface area contributed by atoms with Gasteiger partial charge in [-0.15, -0.1) is 0 Å². The fraction of sp³-hybridized carbons (Fsp3) is 0.493. The van der Waals surface area contributed by atoms with Gasteiger partial charge in [-0.1, -0.05) is 129 Å². The lowest BCUT2D eigenvalue weighted by Crippen LogP contribution is -2.59. The number of aliphatic imine (C=N–C) groups is 1. The number of unbranched alkanes of at least 4 members (excludes halogenated alkanes) is 1. The Hall–Kier alpha value is -8.90. The normalized spacial score (nSPS) is 18.4. The molecule has 528 valence electrons. The third-order valence-corrected chi connectivity index (χ3v) is 19.4. The van der Waals surface area contributed by atoms with E-state index in [0.29, 0.717) is 70.9 Å². The van der Waals surface area contributed by atoms with Crippen LogP contribution in [0.2, 0.25) is 0 Å². The van der Waals surface area contributed by atoms with E-state index in [4.69, 9.17) is 28.7 Å². The number of rotatable bonds is 34. The van der Waals surface area contributed by atoms with E-state index in [0.717, 1.165) is 76.6 Å². The molecule has 0 saturated heterocycles. The van der Waals surface area contributed by atoms with Gasteiger partial charge in [0.1, 0.15) is 29.6 Å². The Bertz CT molecular complexity index is 3430. The maximum absolute atomic E-state index is 14.9. The van der Waals surface area contributed by atoms with Crippen LogP contribution in [0.15, 0.2) is 126 Å². The fourth-order valence-electron chi connectivity index (χ4n) is 13.9. The van der Waals surface area contributed by atoms with Gasteiger partial charge in [0.25, 0.3) is 0 Å². The summed E-state index contributed by atoms with van der Waals surface area (Å²) < 4.78 is 0. The number of nitrogens with two attached hydrogens (primary N) is 5. The quantitative estimate of drug-likeness (QED) is 0.0156. The van der Waals surface area contributed by atoms with Gasteiger partial charge in [0.2, 0.25) is 41.4 Å². The first-order valence-electron chi connectivity index (χ1n) is 35.0. The fourth-order valence-corrected chi connectivity index (χ4v) is 13.9. The minimum Gasteiger partial charge on any atom is -0.508 e. The summed E-state index contributed by atoms with van der Waals surface area (Å²) >= 11 is 0. The number of nitrogens with one attached hydrogen (secondary N) is 7. The highest BCUT2D eigenvalue weighted by atomic mass is 16.3. The van der Waals surface area contributed by atoms with E-state index in [-0.39, 0.29) is 105 Å². The number of phenols is 2. The number of carbonyl (C=O) groups is 7. The van der Waals surface area contributed by atoms with Gasteiger partial charge in [-0.25, -0.2) is 0 Å². The molecule has 0 aromatic heterocycles. The maximum Gasteiger partial charge on any atom is 0.243 e. The van der Waals surface area contributed by atoms with Crippen molar-refractivity contribution in [2.45, 2.75) is 209 Å². The van der Waals surface area contributed by atoms with Crippen LogP contribution in [0.3, 0.4) is 0 Å². The number of hydrogen-bond acceptors (Lipinski definition) is 14. The lowest BCUT2D eigenvalue weighted by Gasteiger charge is -2.39. The molecule has 19 N–H and O–H groups in total. The molecule has 8 rings (SSSR count). The summed E-state index contributed by atoms with van der Waals surface area (Å²) in [6, 6.07) is 28.9. The summed E-state index contributed by atoms with van der Waals surface area (Å²) in [5.74, 6) is -2.66. The molecule has 5 aromatic rings. The molecule has 2 fully saturated rings. The second-order valence-corrected chi connectivity index (χ2v) is 27.1. The van der Waals surface area contributed by atoms with Crippen LogP contribution in [-0.2, 0) is 72.2 Å². The monoisotopic (exact) mass is 1340 g/mol. The number of aryl methyl sites for hydroxylation is 2. The van der Waals surface area contributed by atoms with E-state index in [1.807, 2.05) is 92.7 Å². The number of amides is 7. The number of aromatic hydroxyl groups is 2. The molecule has 23 nitrogen and oxygen atoms in total. The molecule has 1 heterocycles. The molecule has 23 heteroatoms. The summed E-state index contributed by atoms with van der Waals surface area (Å²) in [6.45, 7) is 4.66. The van der Waals surface area contributed by atoms with Gasteiger partial charge in [-0.3, -0.25) is 43.9 Å². The van der Waals surface area contributed by atoms with Crippen LogP contribution >= 0.6 is 0 Å². The number of hydrogen-bond donors (Lipinski definition) is 14. The van der Waals surface area contributed by atoms with Crippen LogP contribution < -0.4 is 65.9 Å². The van der Waals surface area contributed by atoms with Gasteiger partial charge in [0.05, 0.1) is 30.2 Å². The lowest BCUT2D eigenvalue weighted by molar-refractivity contribution is -0.137. The Labute approximate surface area is 576 Å². The van der Waals surface area contributed by atoms with Crippen molar-refractivity contribution in [1.29, 1.82) is 0 Å². The minimum absolute atomic E-state index is 0.0500. The number of carbonyl (C=O) groups excluding carboxylic acids is 7. The Morgan fingerprint density at radius 1 is 0.541 bits per heavy atom. The third kappa shape index (κ3) is 23.1. The molecule has 0 radical (unpaired) electrons. The second kappa shape index (κ2) is 37.7. The number of benzene rings is 5. The lowest BCUT2D eigenvalue weighted by atomic mass is 9.84. The molecule has 0 bridgehead atoms. The van der Waals surface area contributed by atoms with E-state index in [2.05, 4.69) is 48.3 Å². The van der Waals surface area contributed by atoms with Crippen LogP contribution in [0.4, 0.5) is 0 Å². The number of nitrogens with zero attached hydrogens (tertiary/aromatic N) is 2. The van der Waals surface area contributed by atoms with Crippen LogP contribution in [0.5, 0.6) is 11.5 Å². The van der Waals surface area contributed by atoms with Gasteiger partial charge < -0.3 is 75.7 Å². The van der Waals surface area contributed by atoms with E-state index in [1.165, 1.54) is 0 Å². The average molecular weight is 1350 g/mol. The predicted octanol–water partition coefficient (Wildman–Crippen LogP) is 4.19. The van der Waals surface area contributed by atoms with Gasteiger partial charge in [0, 0.05) is 38.1 Å². The highest BCUT2D eigenvalue weighted by molar-refractivity contribution is 5.95. The first-order chi connectivity index (χ1) is 47.2. The molecule has 8 atom stereocenters. The molecule has 1 unspecified atom stereocenters. The Morgan fingerprint density at radius 3 is 1.68 bits per heavy atom. The Balaban J connectivity index is 0.920. The van der Waals surface area contributed by atoms with Crippen molar-refractivity contribution in [3.8, 4) is 11.5 Å². The molecule has 2 saturated carbocycles. The molecular weight excluding hydrogens is 1240 g/mol. The first-order valence-corrected chi connectivity index (χ1v) is 35.0. The third-order valence-electron chi connectivity index (χ3n) is 19.4. The molecule has 7 amide bonds. The summed E-state index contributed by atoms with van der Waals surface area (Å²) in [6.07, 6.45) is 10.9. The number of guanidine groups is 1. The minimum atomic E-state index is -1.20. The van der Waals surface area contributed by atoms with Crippen LogP contribution in [0, 0.1) is 19.8 Å². The standard InChI is InChI=1S/C75H104N14O9/c1-47-37-59(91)38-48(2)60(47)44-61(77)68(92)86-64(26-16-36-81-75(79)80)71(95)88-67(42-51-21-10-5-11-22-51)73(97)87-63(25-14-15-35-76)70(94)83-55-29-31-56(32-30-55)84-72(96)66(41-50-19-8-4-9-20-50)85-65(40-49-17-6-3-7-18-49)69(93)82-45-57-43-53-23-12-13-24-54(53)46-89(57)74(98)62(78)39-52-27-33-58(90)34-28-52/h4-5,8-13,19-24,27-28,33-34,37-38,49,55-57,61-67,85,90-91H,3,6-7,14-18,25-26,29-32,35-36,39-46,76-78H2,1-2H3,(H,82,93)(H,83,94)(H,84,96)(H,86,92)(H,87,97)(H,88,95)(H4,79,80,81)/t55?,56?,57?,61-,62-,63-,64+,65+,66-,67-/m0/s1. The first kappa shape index (κ1) is 74.9. The molecule has 1 aliphatic heterocycles. The Kier molecular flexibility index (Phi) is 28.8.